The predicted octanol–water partition coefficient (Wildman–Crippen LogP) is 2.58. The Bertz CT molecular complexity index is 473. The number of aliphatic hydroxyl groups is 1. The molecular formula is C16H23NO2. The van der Waals surface area contributed by atoms with E-state index in [0.717, 1.165) is 31.2 Å². The van der Waals surface area contributed by atoms with Crippen LogP contribution in [0, 0.1) is 0 Å². The van der Waals surface area contributed by atoms with E-state index >= 15 is 0 Å². The molecule has 1 saturated carbocycles. The summed E-state index contributed by atoms with van der Waals surface area (Å²) in [5.41, 5.74) is 1.86. The van der Waals surface area contributed by atoms with Gasteiger partial charge in [-0.05, 0) is 52.3 Å². The van der Waals surface area contributed by atoms with Crippen molar-refractivity contribution >= 4 is 0 Å². The van der Waals surface area contributed by atoms with Gasteiger partial charge in [-0.25, -0.2) is 0 Å². The average Bonchev–Trinajstić information content (AvgIpc) is 2.59. The normalized spacial score (nSPS) is 37.8. The van der Waals surface area contributed by atoms with Gasteiger partial charge in [0.1, 0.15) is 0 Å². The second-order valence-corrected chi connectivity index (χ2v) is 6.32. The summed E-state index contributed by atoms with van der Waals surface area (Å²) in [6.45, 7) is 1.76. The van der Waals surface area contributed by atoms with Crippen molar-refractivity contribution in [2.75, 3.05) is 14.1 Å². The monoisotopic (exact) mass is 261 g/mol. The molecule has 1 aliphatic heterocycles. The standard InChI is InChI=1S/C16H23NO2/c1-15(18)13-6-4-5-7-14(13)16(19-15)10-8-12(9-11-16)17(2)3/h4-7,12,18H,8-11H2,1-3H3/t12?,15-,16?/m1/s1. The molecular weight excluding hydrogens is 238 g/mol. The first-order valence-corrected chi connectivity index (χ1v) is 7.14. The van der Waals surface area contributed by atoms with E-state index in [4.69, 9.17) is 4.74 Å². The van der Waals surface area contributed by atoms with Gasteiger partial charge in [-0.15, -0.1) is 0 Å². The largest absolute Gasteiger partial charge is 0.362 e. The van der Waals surface area contributed by atoms with Crippen LogP contribution in [-0.2, 0) is 16.1 Å². The zero-order chi connectivity index (χ0) is 13.7. The highest BCUT2D eigenvalue weighted by atomic mass is 16.6. The summed E-state index contributed by atoms with van der Waals surface area (Å²) in [5.74, 6) is -1.14. The molecule has 1 heterocycles. The third kappa shape index (κ3) is 2.00. The molecule has 1 aliphatic carbocycles. The Morgan fingerprint density at radius 1 is 1.16 bits per heavy atom. The van der Waals surface area contributed by atoms with Crippen LogP contribution in [0.2, 0.25) is 0 Å². The minimum absolute atomic E-state index is 0.271. The first-order valence-electron chi connectivity index (χ1n) is 7.14. The van der Waals surface area contributed by atoms with Gasteiger partial charge in [0.15, 0.2) is 5.79 Å². The Morgan fingerprint density at radius 3 is 2.32 bits per heavy atom. The smallest absolute Gasteiger partial charge is 0.190 e. The van der Waals surface area contributed by atoms with Crippen LogP contribution in [0.25, 0.3) is 0 Å². The molecule has 0 bridgehead atoms. The summed E-state index contributed by atoms with van der Waals surface area (Å²) < 4.78 is 6.11. The maximum atomic E-state index is 10.5. The lowest BCUT2D eigenvalue weighted by Crippen LogP contribution is -2.40. The van der Waals surface area contributed by atoms with Crippen LogP contribution in [-0.4, -0.2) is 30.1 Å². The fourth-order valence-electron chi connectivity index (χ4n) is 3.73. The van der Waals surface area contributed by atoms with Gasteiger partial charge in [0.2, 0.25) is 0 Å². The van der Waals surface area contributed by atoms with Crippen LogP contribution in [0.1, 0.15) is 43.7 Å². The van der Waals surface area contributed by atoms with Crippen molar-refractivity contribution in [2.24, 2.45) is 0 Å². The third-order valence-corrected chi connectivity index (χ3v) is 4.80. The Kier molecular flexibility index (Phi) is 2.97. The first kappa shape index (κ1) is 13.1. The van der Waals surface area contributed by atoms with Crippen LogP contribution >= 0.6 is 0 Å². The lowest BCUT2D eigenvalue weighted by atomic mass is 9.77. The van der Waals surface area contributed by atoms with E-state index in [9.17, 15) is 5.11 Å². The zero-order valence-electron chi connectivity index (χ0n) is 12.0. The van der Waals surface area contributed by atoms with Crippen molar-refractivity contribution < 1.29 is 9.84 Å². The molecule has 19 heavy (non-hydrogen) atoms. The van der Waals surface area contributed by atoms with Crippen molar-refractivity contribution in [3.8, 4) is 0 Å². The summed E-state index contributed by atoms with van der Waals surface area (Å²) in [6, 6.07) is 8.76. The molecule has 0 aromatic heterocycles. The molecule has 1 aromatic carbocycles. The van der Waals surface area contributed by atoms with E-state index in [-0.39, 0.29) is 5.60 Å². The number of ether oxygens (including phenoxy) is 1. The molecule has 1 atom stereocenters. The van der Waals surface area contributed by atoms with Crippen LogP contribution in [0.3, 0.4) is 0 Å². The number of hydrogen-bond acceptors (Lipinski definition) is 3. The fourth-order valence-corrected chi connectivity index (χ4v) is 3.73. The average molecular weight is 261 g/mol. The second kappa shape index (κ2) is 4.30. The molecule has 1 fully saturated rings. The van der Waals surface area contributed by atoms with Crippen molar-refractivity contribution in [2.45, 2.75) is 50.0 Å². The molecule has 0 radical (unpaired) electrons. The van der Waals surface area contributed by atoms with Gasteiger partial charge < -0.3 is 14.7 Å². The fraction of sp³-hybridized carbons (Fsp3) is 0.625. The number of nitrogens with zero attached hydrogens (tertiary/aromatic N) is 1. The SMILES string of the molecule is CN(C)C1CCC2(CC1)O[C@@](C)(O)c1ccccc12. The van der Waals surface area contributed by atoms with Crippen LogP contribution in [0.15, 0.2) is 24.3 Å². The Balaban J connectivity index is 1.92. The zero-order valence-corrected chi connectivity index (χ0v) is 12.0. The van der Waals surface area contributed by atoms with Crippen molar-refractivity contribution in [3.05, 3.63) is 35.4 Å². The summed E-state index contributed by atoms with van der Waals surface area (Å²) in [7, 11) is 4.28. The van der Waals surface area contributed by atoms with Gasteiger partial charge in [0.25, 0.3) is 0 Å². The molecule has 3 rings (SSSR count). The van der Waals surface area contributed by atoms with Gasteiger partial charge in [0, 0.05) is 11.6 Å². The second-order valence-electron chi connectivity index (χ2n) is 6.32. The molecule has 1 N–H and O–H groups in total. The predicted molar refractivity (Wildman–Crippen MR) is 74.7 cm³/mol. The van der Waals surface area contributed by atoms with Crippen LogP contribution in [0.4, 0.5) is 0 Å². The van der Waals surface area contributed by atoms with Crippen molar-refractivity contribution in [1.29, 1.82) is 0 Å². The summed E-state index contributed by atoms with van der Waals surface area (Å²) in [4.78, 5) is 2.30. The molecule has 3 heteroatoms. The minimum atomic E-state index is -1.14. The molecule has 0 amide bonds. The topological polar surface area (TPSA) is 32.7 Å². The van der Waals surface area contributed by atoms with E-state index < -0.39 is 5.79 Å². The number of benzene rings is 1. The number of rotatable bonds is 1. The first-order chi connectivity index (χ1) is 8.95. The summed E-state index contributed by atoms with van der Waals surface area (Å²) in [5, 5.41) is 10.5. The Hall–Kier alpha value is -0.900. The van der Waals surface area contributed by atoms with Gasteiger partial charge in [-0.2, -0.15) is 0 Å². The highest BCUT2D eigenvalue weighted by Gasteiger charge is 2.51. The van der Waals surface area contributed by atoms with E-state index in [1.165, 1.54) is 5.56 Å². The van der Waals surface area contributed by atoms with Gasteiger partial charge >= 0.3 is 0 Å². The molecule has 104 valence electrons. The lowest BCUT2D eigenvalue weighted by Gasteiger charge is -2.40. The minimum Gasteiger partial charge on any atom is -0.362 e. The highest BCUT2D eigenvalue weighted by molar-refractivity contribution is 5.39. The van der Waals surface area contributed by atoms with Crippen LogP contribution in [0.5, 0.6) is 0 Å². The summed E-state index contributed by atoms with van der Waals surface area (Å²) >= 11 is 0. The molecule has 1 spiro atoms. The quantitative estimate of drug-likeness (QED) is 0.843. The molecule has 3 nitrogen and oxygen atoms in total. The Labute approximate surface area is 115 Å². The van der Waals surface area contributed by atoms with Gasteiger partial charge in [0.05, 0.1) is 5.60 Å². The summed E-state index contributed by atoms with van der Waals surface area (Å²) in [6.07, 6.45) is 4.22. The van der Waals surface area contributed by atoms with Crippen molar-refractivity contribution in [1.82, 2.24) is 4.90 Å². The van der Waals surface area contributed by atoms with E-state index in [1.54, 1.807) is 6.92 Å². The molecule has 1 aromatic rings. The van der Waals surface area contributed by atoms with Gasteiger partial charge in [-0.3, -0.25) is 0 Å². The van der Waals surface area contributed by atoms with E-state index in [1.807, 2.05) is 18.2 Å². The number of hydrogen-bond donors (Lipinski definition) is 1. The van der Waals surface area contributed by atoms with Gasteiger partial charge in [-0.1, -0.05) is 24.3 Å². The van der Waals surface area contributed by atoms with Crippen LogP contribution < -0.4 is 0 Å². The number of fused-ring (bicyclic) bond motifs is 2. The Morgan fingerprint density at radius 2 is 1.74 bits per heavy atom. The van der Waals surface area contributed by atoms with E-state index in [2.05, 4.69) is 25.1 Å². The van der Waals surface area contributed by atoms with Crippen molar-refractivity contribution in [3.63, 3.8) is 0 Å². The maximum absolute atomic E-state index is 10.5. The maximum Gasteiger partial charge on any atom is 0.190 e. The molecule has 2 aliphatic rings. The van der Waals surface area contributed by atoms with E-state index in [0.29, 0.717) is 6.04 Å². The molecule has 0 saturated heterocycles. The highest BCUT2D eigenvalue weighted by Crippen LogP contribution is 2.52. The molecule has 0 unspecified atom stereocenters. The lowest BCUT2D eigenvalue weighted by molar-refractivity contribution is -0.257. The third-order valence-electron chi connectivity index (χ3n) is 4.80.